The van der Waals surface area contributed by atoms with Crippen molar-refractivity contribution in [3.8, 4) is 28.2 Å². The number of aromatic nitrogens is 5. The highest BCUT2D eigenvalue weighted by Gasteiger charge is 2.18. The number of carbonyl (C=O) groups is 1. The van der Waals surface area contributed by atoms with Gasteiger partial charge in [0.2, 0.25) is 5.88 Å². The Labute approximate surface area is 243 Å². The van der Waals surface area contributed by atoms with Crippen molar-refractivity contribution in [1.82, 2.24) is 24.9 Å². The second-order valence-electron chi connectivity index (χ2n) is 9.07. The van der Waals surface area contributed by atoms with E-state index in [0.29, 0.717) is 38.7 Å². The molecule has 12 nitrogen and oxygen atoms in total. The maximum Gasteiger partial charge on any atom is 0.411 e. The molecule has 0 saturated carbocycles. The number of nitrogens with one attached hydrogen (secondary N) is 1. The molecule has 3 heterocycles. The first-order valence-corrected chi connectivity index (χ1v) is 13.8. The van der Waals surface area contributed by atoms with Gasteiger partial charge in [-0.25, -0.2) is 34.1 Å². The van der Waals surface area contributed by atoms with Gasteiger partial charge in [0.05, 0.1) is 58.7 Å². The molecule has 0 unspecified atom stereocenters. The third-order valence-electron chi connectivity index (χ3n) is 5.71. The van der Waals surface area contributed by atoms with Crippen molar-refractivity contribution in [1.29, 1.82) is 0 Å². The third kappa shape index (κ3) is 6.78. The number of carbonyl (C=O) groups excluding carboxylic acids is 1. The third-order valence-corrected chi connectivity index (χ3v) is 6.76. The van der Waals surface area contributed by atoms with E-state index in [-0.39, 0.29) is 37.3 Å². The summed E-state index contributed by atoms with van der Waals surface area (Å²) in [4.78, 5) is 33.7. The monoisotopic (exact) mass is 594 g/mol. The van der Waals surface area contributed by atoms with Crippen molar-refractivity contribution in [2.45, 2.75) is 26.9 Å². The van der Waals surface area contributed by atoms with E-state index in [1.54, 1.807) is 19.2 Å². The molecule has 2 N–H and O–H groups in total. The number of aryl methyl sites for hydroxylation is 1. The predicted molar refractivity (Wildman–Crippen MR) is 154 cm³/mol. The molecule has 0 saturated heterocycles. The summed E-state index contributed by atoms with van der Waals surface area (Å²) in [6.07, 6.45) is 2.82. The van der Waals surface area contributed by atoms with Gasteiger partial charge in [-0.1, -0.05) is 0 Å². The molecule has 0 fully saturated rings. The maximum absolute atomic E-state index is 15.0. The first-order chi connectivity index (χ1) is 20.3. The molecule has 1 atom stereocenters. The summed E-state index contributed by atoms with van der Waals surface area (Å²) >= 11 is 1.38. The van der Waals surface area contributed by atoms with Gasteiger partial charge >= 0.3 is 12.1 Å². The van der Waals surface area contributed by atoms with E-state index in [2.05, 4.69) is 30.2 Å². The van der Waals surface area contributed by atoms with Crippen LogP contribution in [0.1, 0.15) is 19.4 Å². The standard InChI is InChI=1S/C28H27FN6O6S/c1-4-38-24-13-30-25-18(7-15(2)8-21(25)34-24)26-35-20-9-19(29)22(10-23(20)42-26)41-16(3)14-40-28(37)33-17-11-31-27(32-12-17)39-6-5-36/h7-13,16,36H,4-6,14H2,1-3H3,(H,33,37)/t16-/m0/s1. The van der Waals surface area contributed by atoms with E-state index in [1.807, 2.05) is 26.0 Å². The topological polar surface area (TPSA) is 151 Å². The molecule has 5 aromatic rings. The van der Waals surface area contributed by atoms with E-state index in [9.17, 15) is 9.18 Å². The largest absolute Gasteiger partial charge is 0.484 e. The number of anilines is 1. The number of hydrogen-bond acceptors (Lipinski definition) is 12. The summed E-state index contributed by atoms with van der Waals surface area (Å²) in [5, 5.41) is 11.9. The number of halogens is 1. The number of fused-ring (bicyclic) bond motifs is 2. The second-order valence-corrected chi connectivity index (χ2v) is 10.1. The molecular formula is C28H27FN6O6S. The molecule has 0 aliphatic carbocycles. The summed E-state index contributed by atoms with van der Waals surface area (Å²) in [6, 6.07) is 6.86. The Morgan fingerprint density at radius 3 is 2.64 bits per heavy atom. The Hall–Kier alpha value is -4.69. The zero-order valence-electron chi connectivity index (χ0n) is 23.0. The summed E-state index contributed by atoms with van der Waals surface area (Å²) in [7, 11) is 0. The molecule has 0 aliphatic heterocycles. The molecule has 1 amide bonds. The van der Waals surface area contributed by atoms with Crippen LogP contribution in [0.15, 0.2) is 42.9 Å². The van der Waals surface area contributed by atoms with Crippen molar-refractivity contribution in [2.75, 3.05) is 31.7 Å². The van der Waals surface area contributed by atoms with Crippen molar-refractivity contribution in [3.63, 3.8) is 0 Å². The maximum atomic E-state index is 15.0. The summed E-state index contributed by atoms with van der Waals surface area (Å²) in [5.41, 5.74) is 3.87. The Morgan fingerprint density at radius 2 is 1.88 bits per heavy atom. The van der Waals surface area contributed by atoms with Gasteiger partial charge < -0.3 is 24.1 Å². The number of rotatable bonds is 11. The van der Waals surface area contributed by atoms with Crippen LogP contribution in [0.3, 0.4) is 0 Å². The van der Waals surface area contributed by atoms with Gasteiger partial charge in [0, 0.05) is 17.7 Å². The molecule has 0 aliphatic rings. The number of amides is 1. The fourth-order valence-corrected chi connectivity index (χ4v) is 4.95. The van der Waals surface area contributed by atoms with Gasteiger partial charge in [0.25, 0.3) is 0 Å². The van der Waals surface area contributed by atoms with Gasteiger partial charge in [-0.05, 0) is 38.5 Å². The lowest BCUT2D eigenvalue weighted by atomic mass is 10.1. The highest BCUT2D eigenvalue weighted by atomic mass is 32.1. The van der Waals surface area contributed by atoms with Crippen LogP contribution < -0.4 is 19.5 Å². The molecule has 14 heteroatoms. The number of benzene rings is 2. The average Bonchev–Trinajstić information content (AvgIpc) is 3.38. The molecule has 42 heavy (non-hydrogen) atoms. The molecule has 3 aromatic heterocycles. The van der Waals surface area contributed by atoms with Crippen LogP contribution in [-0.2, 0) is 4.74 Å². The highest BCUT2D eigenvalue weighted by molar-refractivity contribution is 7.21. The fraction of sp³-hybridized carbons (Fsp3) is 0.286. The van der Waals surface area contributed by atoms with Crippen LogP contribution in [-0.4, -0.2) is 68.7 Å². The first-order valence-electron chi connectivity index (χ1n) is 13.0. The lowest BCUT2D eigenvalue weighted by Gasteiger charge is -2.15. The van der Waals surface area contributed by atoms with Crippen LogP contribution >= 0.6 is 11.3 Å². The van der Waals surface area contributed by atoms with Crippen LogP contribution in [0.25, 0.3) is 31.8 Å². The fourth-order valence-electron chi connectivity index (χ4n) is 3.95. The quantitative estimate of drug-likeness (QED) is 0.214. The summed E-state index contributed by atoms with van der Waals surface area (Å²) in [6.45, 7) is 5.71. The summed E-state index contributed by atoms with van der Waals surface area (Å²) in [5.74, 6) is -0.138. The van der Waals surface area contributed by atoms with Gasteiger partial charge in [0.1, 0.15) is 24.3 Å². The van der Waals surface area contributed by atoms with E-state index < -0.39 is 18.0 Å². The average molecular weight is 595 g/mol. The van der Waals surface area contributed by atoms with E-state index in [4.69, 9.17) is 24.1 Å². The minimum atomic E-state index is -0.761. The zero-order valence-corrected chi connectivity index (χ0v) is 23.8. The van der Waals surface area contributed by atoms with Crippen LogP contribution in [0, 0.1) is 12.7 Å². The molecule has 2 aromatic carbocycles. The Bertz CT molecular complexity index is 1720. The Kier molecular flexibility index (Phi) is 8.83. The van der Waals surface area contributed by atoms with Gasteiger partial charge in [0.15, 0.2) is 11.6 Å². The Morgan fingerprint density at radius 1 is 1.07 bits per heavy atom. The van der Waals surface area contributed by atoms with Gasteiger partial charge in [-0.2, -0.15) is 0 Å². The van der Waals surface area contributed by atoms with Gasteiger partial charge in [-0.15, -0.1) is 11.3 Å². The van der Waals surface area contributed by atoms with Crippen molar-refractivity contribution < 1.29 is 33.2 Å². The number of nitrogens with zero attached hydrogens (tertiary/aromatic N) is 5. The van der Waals surface area contributed by atoms with Crippen LogP contribution in [0.4, 0.5) is 14.9 Å². The summed E-state index contributed by atoms with van der Waals surface area (Å²) < 4.78 is 37.2. The SMILES string of the molecule is CCOc1cnc2c(-c3nc4cc(F)c(O[C@@H](C)COC(=O)Nc5cnc(OCCO)nc5)cc4s3)cc(C)cc2n1. The predicted octanol–water partition coefficient (Wildman–Crippen LogP) is 4.93. The lowest BCUT2D eigenvalue weighted by Crippen LogP contribution is -2.24. The lowest BCUT2D eigenvalue weighted by molar-refractivity contribution is 0.0969. The van der Waals surface area contributed by atoms with E-state index in [1.165, 1.54) is 29.8 Å². The molecule has 0 bridgehead atoms. The number of aliphatic hydroxyl groups is 1. The van der Waals surface area contributed by atoms with Crippen molar-refractivity contribution in [3.05, 3.63) is 54.2 Å². The minimum absolute atomic E-state index is 0.0105. The molecule has 5 rings (SSSR count). The minimum Gasteiger partial charge on any atom is -0.484 e. The molecule has 0 spiro atoms. The second kappa shape index (κ2) is 12.9. The van der Waals surface area contributed by atoms with Crippen molar-refractivity contribution >= 4 is 44.4 Å². The number of thiazole rings is 1. The molecular weight excluding hydrogens is 567 g/mol. The highest BCUT2D eigenvalue weighted by Crippen LogP contribution is 2.37. The number of ether oxygens (including phenoxy) is 4. The smallest absolute Gasteiger partial charge is 0.411 e. The van der Waals surface area contributed by atoms with E-state index >= 15 is 0 Å². The van der Waals surface area contributed by atoms with Crippen LogP contribution in [0.2, 0.25) is 0 Å². The number of hydrogen-bond donors (Lipinski definition) is 2. The molecule has 0 radical (unpaired) electrons. The van der Waals surface area contributed by atoms with Crippen molar-refractivity contribution in [2.24, 2.45) is 0 Å². The Balaban J connectivity index is 1.25. The molecule has 218 valence electrons. The van der Waals surface area contributed by atoms with Crippen LogP contribution in [0.5, 0.6) is 17.6 Å². The normalized spacial score (nSPS) is 11.8. The van der Waals surface area contributed by atoms with Gasteiger partial charge in [-0.3, -0.25) is 5.32 Å². The zero-order chi connectivity index (χ0) is 29.6. The van der Waals surface area contributed by atoms with E-state index in [0.717, 1.165) is 11.1 Å². The first kappa shape index (κ1) is 28.8. The number of aliphatic hydroxyl groups excluding tert-OH is 1.